The van der Waals surface area contributed by atoms with E-state index in [1.807, 2.05) is 0 Å². The predicted octanol–water partition coefficient (Wildman–Crippen LogP) is -12.7. The Morgan fingerprint density at radius 2 is 0.857 bits per heavy atom. The summed E-state index contributed by atoms with van der Waals surface area (Å²) in [5.41, 5.74) is 20.9. The van der Waals surface area contributed by atoms with Crippen molar-refractivity contribution in [1.29, 1.82) is 0 Å². The number of fused-ring (bicyclic) bond motifs is 1. The molecule has 1 saturated heterocycles. The molecule has 0 unspecified atom stereocenters. The van der Waals surface area contributed by atoms with Gasteiger partial charge in [-0.2, -0.15) is 0 Å². The first-order valence-corrected chi connectivity index (χ1v) is 15.5. The van der Waals surface area contributed by atoms with E-state index in [0.717, 1.165) is 5.46 Å². The van der Waals surface area contributed by atoms with Gasteiger partial charge >= 0.3 is 7.12 Å². The van der Waals surface area contributed by atoms with Crippen LogP contribution in [0, 0.1) is 0 Å². The highest BCUT2D eigenvalue weighted by atomic mass is 16.7. The highest BCUT2D eigenvalue weighted by Gasteiger charge is 2.51. The van der Waals surface area contributed by atoms with Crippen molar-refractivity contribution in [1.82, 2.24) is 0 Å². The second-order valence-corrected chi connectivity index (χ2v) is 14.0. The highest BCUT2D eigenvalue weighted by Crippen LogP contribution is 2.37. The first kappa shape index (κ1) is 31.3. The molecule has 0 radical (unpaired) electrons. The van der Waals surface area contributed by atoms with E-state index >= 15 is 0 Å². The minimum absolute atomic E-state index is 0.378. The molecule has 1 aliphatic heterocycles. The maximum Gasteiger partial charge on any atom is 0.494 e. The van der Waals surface area contributed by atoms with E-state index in [2.05, 4.69) is 138 Å². The predicted molar refractivity (Wildman–Crippen MR) is 220 cm³/mol. The number of benzene rings is 4. The van der Waals surface area contributed by atoms with E-state index in [4.69, 9.17) is 9.31 Å². The lowest BCUT2D eigenvalue weighted by Crippen LogP contribution is -2.56. The Bertz CT molecular complexity index is 1770. The molecule has 1 heterocycles. The van der Waals surface area contributed by atoms with Crippen LogP contribution in [0.1, 0.15) is 27.7 Å². The zero-order valence-electron chi connectivity index (χ0n) is 28.7. The zero-order valence-corrected chi connectivity index (χ0v) is 28.7. The first-order valence-electron chi connectivity index (χ1n) is 15.5. The largest absolute Gasteiger partial charge is 0.494 e. The number of hydrogen-bond donors (Lipinski definition) is 0. The van der Waals surface area contributed by atoms with Crippen molar-refractivity contribution in [3.8, 4) is 22.3 Å². The third kappa shape index (κ3) is 4.50. The van der Waals surface area contributed by atoms with Crippen LogP contribution in [-0.2, 0) is 9.31 Å². The Hall–Kier alpha value is -2.16. The van der Waals surface area contributed by atoms with Gasteiger partial charge in [-0.25, -0.2) is 0 Å². The molecule has 0 bridgehead atoms. The standard InChI is InChI=1S/C28H38B12O2/c1-27(2)28(3,4)42-40(41-27)10-7-5-6-9(8-10)11-12-13(19(32)23(36)22(35)18(12)31)14(17(30)16(11)29)15-20(33)24(37)26(39)25(38)21(15)34/h5-8H,29-39H2,1-4H3. The highest BCUT2D eigenvalue weighted by molar-refractivity contribution is 6.72. The van der Waals surface area contributed by atoms with E-state index in [1.165, 1.54) is 93.1 Å². The molecule has 42 heavy (non-hydrogen) atoms. The first-order chi connectivity index (χ1) is 19.4. The van der Waals surface area contributed by atoms with Gasteiger partial charge in [-0.3, -0.25) is 0 Å². The summed E-state index contributed by atoms with van der Waals surface area (Å²) in [5.74, 6) is 0. The average molecular weight is 536 g/mol. The quantitative estimate of drug-likeness (QED) is 0.243. The van der Waals surface area contributed by atoms with Gasteiger partial charge in [0.15, 0.2) is 0 Å². The van der Waals surface area contributed by atoms with Crippen molar-refractivity contribution in [2.45, 2.75) is 38.9 Å². The molecule has 0 aromatic heterocycles. The summed E-state index contributed by atoms with van der Waals surface area (Å²) in [6.07, 6.45) is 0. The minimum atomic E-state index is -0.391. The van der Waals surface area contributed by atoms with Crippen LogP contribution in [0.3, 0.4) is 0 Å². The molecule has 2 nitrogen and oxygen atoms in total. The molecule has 4 aromatic rings. The van der Waals surface area contributed by atoms with Gasteiger partial charge in [-0.1, -0.05) is 57.0 Å². The lowest BCUT2D eigenvalue weighted by molar-refractivity contribution is 0.00578. The van der Waals surface area contributed by atoms with E-state index in [1.54, 1.807) is 0 Å². The van der Waals surface area contributed by atoms with Gasteiger partial charge in [0, 0.05) is 0 Å². The molecule has 1 aliphatic rings. The third-order valence-corrected chi connectivity index (χ3v) is 11.5. The topological polar surface area (TPSA) is 18.5 Å². The van der Waals surface area contributed by atoms with Crippen LogP contribution >= 0.6 is 0 Å². The molecule has 5 rings (SSSR count). The maximum absolute atomic E-state index is 6.47. The molecule has 198 valence electrons. The summed E-state index contributed by atoms with van der Waals surface area (Å²) in [6, 6.07) is 8.86. The molecule has 1 fully saturated rings. The number of rotatable bonds is 3. The molecular formula is C28H38B12O2. The van der Waals surface area contributed by atoms with Gasteiger partial charge < -0.3 is 9.31 Å². The van der Waals surface area contributed by atoms with Gasteiger partial charge in [0.1, 0.15) is 86.3 Å². The lowest BCUT2D eigenvalue weighted by atomic mass is 9.56. The van der Waals surface area contributed by atoms with Crippen molar-refractivity contribution >= 4 is 170 Å². The van der Waals surface area contributed by atoms with Gasteiger partial charge in [-0.05, 0) is 66.2 Å². The van der Waals surface area contributed by atoms with Crippen molar-refractivity contribution in [3.63, 3.8) is 0 Å². The Morgan fingerprint density at radius 3 is 1.36 bits per heavy atom. The summed E-state index contributed by atoms with van der Waals surface area (Å²) in [6.45, 7) is 8.47. The van der Waals surface area contributed by atoms with Crippen molar-refractivity contribution in [2.24, 2.45) is 0 Å². The van der Waals surface area contributed by atoms with E-state index < -0.39 is 7.12 Å². The molecule has 0 N–H and O–H groups in total. The Labute approximate surface area is 263 Å². The van der Waals surface area contributed by atoms with Crippen molar-refractivity contribution in [2.75, 3.05) is 0 Å². The van der Waals surface area contributed by atoms with E-state index in [9.17, 15) is 0 Å². The summed E-state index contributed by atoms with van der Waals surface area (Å²) < 4.78 is 12.9. The van der Waals surface area contributed by atoms with E-state index in [0.29, 0.717) is 0 Å². The lowest BCUT2D eigenvalue weighted by Gasteiger charge is -2.32. The summed E-state index contributed by atoms with van der Waals surface area (Å²) in [5, 5.41) is 2.76. The van der Waals surface area contributed by atoms with Crippen molar-refractivity contribution in [3.05, 3.63) is 24.3 Å². The van der Waals surface area contributed by atoms with Gasteiger partial charge in [-0.15, -0.1) is 27.3 Å². The third-order valence-electron chi connectivity index (χ3n) is 11.5. The summed E-state index contributed by atoms with van der Waals surface area (Å²) in [4.78, 5) is 0. The average Bonchev–Trinajstić information content (AvgIpc) is 3.16. The molecule has 0 spiro atoms. The molecule has 14 heteroatoms. The van der Waals surface area contributed by atoms with Gasteiger partial charge in [0.2, 0.25) is 0 Å². The van der Waals surface area contributed by atoms with Crippen LogP contribution in [0.4, 0.5) is 0 Å². The fourth-order valence-electron chi connectivity index (χ4n) is 7.06. The Balaban J connectivity index is 1.89. The van der Waals surface area contributed by atoms with Crippen LogP contribution in [-0.4, -0.2) is 105 Å². The zero-order chi connectivity index (χ0) is 31.2. The monoisotopic (exact) mass is 538 g/mol. The van der Waals surface area contributed by atoms with Crippen LogP contribution in [0.5, 0.6) is 0 Å². The van der Waals surface area contributed by atoms with Crippen LogP contribution in [0.25, 0.3) is 33.0 Å². The molecule has 0 saturated carbocycles. The fraction of sp³-hybridized carbons (Fsp3) is 0.214. The second kappa shape index (κ2) is 10.5. The molecule has 0 atom stereocenters. The molecule has 0 aliphatic carbocycles. The Morgan fingerprint density at radius 1 is 0.476 bits per heavy atom. The summed E-state index contributed by atoms with van der Waals surface area (Å²) >= 11 is 0. The van der Waals surface area contributed by atoms with Crippen LogP contribution in [0.15, 0.2) is 24.3 Å². The van der Waals surface area contributed by atoms with E-state index in [-0.39, 0.29) is 11.2 Å². The smallest absolute Gasteiger partial charge is 0.399 e. The normalized spacial score (nSPS) is 15.9. The fourth-order valence-corrected chi connectivity index (χ4v) is 7.06. The SMILES string of the molecule is Bc1c(B)c(B)c(-c2c(B)c(B)c(-c3cccc(B4OC(C)(C)C(C)(C)O4)c3)c3c(B)c(B)c(B)c(B)c23)c(B)c1B. The molecular weight excluding hydrogens is 498 g/mol. The minimum Gasteiger partial charge on any atom is -0.399 e. The van der Waals surface area contributed by atoms with Crippen molar-refractivity contribution < 1.29 is 9.31 Å². The molecule has 4 aromatic carbocycles. The van der Waals surface area contributed by atoms with Gasteiger partial charge in [0.25, 0.3) is 0 Å². The Kier molecular flexibility index (Phi) is 7.80. The van der Waals surface area contributed by atoms with Crippen LogP contribution in [0.2, 0.25) is 0 Å². The summed E-state index contributed by atoms with van der Waals surface area (Å²) in [7, 11) is 24.9. The maximum atomic E-state index is 6.47. The van der Waals surface area contributed by atoms with Crippen LogP contribution < -0.4 is 65.6 Å². The molecule has 0 amide bonds. The van der Waals surface area contributed by atoms with Gasteiger partial charge in [0.05, 0.1) is 11.2 Å². The number of hydrogen-bond acceptors (Lipinski definition) is 2. The second-order valence-electron chi connectivity index (χ2n) is 14.0.